The van der Waals surface area contributed by atoms with Gasteiger partial charge in [-0.1, -0.05) is 43.5 Å². The van der Waals surface area contributed by atoms with E-state index in [-0.39, 0.29) is 0 Å². The molecule has 0 atom stereocenters. The molecule has 1 aromatic carbocycles. The first-order valence-corrected chi connectivity index (χ1v) is 6.76. The van der Waals surface area contributed by atoms with Crippen LogP contribution in [0.3, 0.4) is 0 Å². The SMILES string of the molecule is N=C1c2ccccc2CN1CC1CCCCC1. The molecule has 1 heterocycles. The van der Waals surface area contributed by atoms with Crippen molar-refractivity contribution in [1.82, 2.24) is 4.90 Å². The molecule has 0 spiro atoms. The van der Waals surface area contributed by atoms with Crippen LogP contribution in [0.1, 0.15) is 43.2 Å². The molecule has 0 amide bonds. The Morgan fingerprint density at radius 3 is 2.65 bits per heavy atom. The monoisotopic (exact) mass is 228 g/mol. The van der Waals surface area contributed by atoms with Crippen molar-refractivity contribution in [3.05, 3.63) is 35.4 Å². The van der Waals surface area contributed by atoms with E-state index in [1.54, 1.807) is 0 Å². The summed E-state index contributed by atoms with van der Waals surface area (Å²) in [6.07, 6.45) is 6.91. The Kier molecular flexibility index (Phi) is 2.87. The van der Waals surface area contributed by atoms with Crippen molar-refractivity contribution in [2.24, 2.45) is 5.92 Å². The van der Waals surface area contributed by atoms with E-state index in [4.69, 9.17) is 5.41 Å². The number of rotatable bonds is 2. The third kappa shape index (κ3) is 2.08. The van der Waals surface area contributed by atoms with Gasteiger partial charge in [0.2, 0.25) is 0 Å². The molecule has 1 aliphatic heterocycles. The predicted octanol–water partition coefficient (Wildman–Crippen LogP) is 3.41. The van der Waals surface area contributed by atoms with Gasteiger partial charge in [-0.05, 0) is 24.3 Å². The molecule has 17 heavy (non-hydrogen) atoms. The lowest BCUT2D eigenvalue weighted by molar-refractivity contribution is 0.274. The summed E-state index contributed by atoms with van der Waals surface area (Å²) in [6, 6.07) is 8.36. The van der Waals surface area contributed by atoms with Gasteiger partial charge in [0, 0.05) is 18.7 Å². The molecule has 1 aliphatic carbocycles. The van der Waals surface area contributed by atoms with Gasteiger partial charge in [-0.2, -0.15) is 0 Å². The van der Waals surface area contributed by atoms with Crippen molar-refractivity contribution in [2.75, 3.05) is 6.54 Å². The molecule has 0 unspecified atom stereocenters. The fraction of sp³-hybridized carbons (Fsp3) is 0.533. The summed E-state index contributed by atoms with van der Waals surface area (Å²) in [5, 5.41) is 8.23. The van der Waals surface area contributed by atoms with E-state index in [9.17, 15) is 0 Å². The first kappa shape index (κ1) is 10.8. The minimum absolute atomic E-state index is 0.742. The Labute approximate surface area is 103 Å². The van der Waals surface area contributed by atoms with Crippen LogP contribution in [0.5, 0.6) is 0 Å². The van der Waals surface area contributed by atoms with Crippen LogP contribution in [0.25, 0.3) is 0 Å². The van der Waals surface area contributed by atoms with E-state index in [2.05, 4.69) is 23.1 Å². The van der Waals surface area contributed by atoms with E-state index in [0.29, 0.717) is 0 Å². The molecule has 90 valence electrons. The van der Waals surface area contributed by atoms with Crippen molar-refractivity contribution < 1.29 is 0 Å². The van der Waals surface area contributed by atoms with Crippen molar-refractivity contribution in [3.63, 3.8) is 0 Å². The molecular formula is C15H20N2. The lowest BCUT2D eigenvalue weighted by Crippen LogP contribution is -2.30. The van der Waals surface area contributed by atoms with Crippen LogP contribution in [0, 0.1) is 11.3 Å². The number of nitrogens with zero attached hydrogens (tertiary/aromatic N) is 1. The van der Waals surface area contributed by atoms with Gasteiger partial charge in [-0.25, -0.2) is 0 Å². The van der Waals surface area contributed by atoms with Gasteiger partial charge in [0.15, 0.2) is 0 Å². The van der Waals surface area contributed by atoms with E-state index in [1.807, 2.05) is 6.07 Å². The van der Waals surface area contributed by atoms with Gasteiger partial charge in [0.1, 0.15) is 5.84 Å². The summed E-state index contributed by atoms with van der Waals surface area (Å²) in [7, 11) is 0. The van der Waals surface area contributed by atoms with Crippen LogP contribution in [-0.2, 0) is 6.54 Å². The smallest absolute Gasteiger partial charge is 0.128 e. The number of amidine groups is 1. The zero-order valence-electron chi connectivity index (χ0n) is 10.3. The number of benzene rings is 1. The Morgan fingerprint density at radius 1 is 1.12 bits per heavy atom. The molecule has 1 N–H and O–H groups in total. The maximum atomic E-state index is 8.23. The fourth-order valence-electron chi connectivity index (χ4n) is 3.18. The lowest BCUT2D eigenvalue weighted by atomic mass is 9.89. The van der Waals surface area contributed by atoms with E-state index >= 15 is 0 Å². The summed E-state index contributed by atoms with van der Waals surface area (Å²) in [4.78, 5) is 2.26. The molecule has 1 fully saturated rings. The fourth-order valence-corrected chi connectivity index (χ4v) is 3.18. The Hall–Kier alpha value is -1.31. The molecule has 2 aliphatic rings. The zero-order valence-corrected chi connectivity index (χ0v) is 10.3. The second-order valence-electron chi connectivity index (χ2n) is 5.39. The number of nitrogens with one attached hydrogen (secondary N) is 1. The van der Waals surface area contributed by atoms with Crippen molar-refractivity contribution in [2.45, 2.75) is 38.6 Å². The standard InChI is InChI=1S/C15H20N2/c16-15-14-9-5-4-8-13(14)11-17(15)10-12-6-2-1-3-7-12/h4-5,8-9,12,16H,1-3,6-7,10-11H2. The highest BCUT2D eigenvalue weighted by molar-refractivity contribution is 6.00. The molecular weight excluding hydrogens is 208 g/mol. The number of hydrogen-bond donors (Lipinski definition) is 1. The first-order valence-electron chi connectivity index (χ1n) is 6.76. The minimum Gasteiger partial charge on any atom is -0.352 e. The Balaban J connectivity index is 1.69. The van der Waals surface area contributed by atoms with Crippen LogP contribution >= 0.6 is 0 Å². The molecule has 2 heteroatoms. The highest BCUT2D eigenvalue weighted by Gasteiger charge is 2.26. The molecule has 1 aromatic rings. The molecule has 0 radical (unpaired) electrons. The molecule has 0 bridgehead atoms. The van der Waals surface area contributed by atoms with E-state index < -0.39 is 0 Å². The summed E-state index contributed by atoms with van der Waals surface area (Å²) < 4.78 is 0. The summed E-state index contributed by atoms with van der Waals surface area (Å²) >= 11 is 0. The van der Waals surface area contributed by atoms with E-state index in [1.165, 1.54) is 37.7 Å². The maximum Gasteiger partial charge on any atom is 0.128 e. The Bertz CT molecular complexity index is 419. The third-order valence-corrected chi connectivity index (χ3v) is 4.15. The van der Waals surface area contributed by atoms with Crippen molar-refractivity contribution >= 4 is 5.84 Å². The number of fused-ring (bicyclic) bond motifs is 1. The molecule has 2 nitrogen and oxygen atoms in total. The van der Waals surface area contributed by atoms with Gasteiger partial charge >= 0.3 is 0 Å². The van der Waals surface area contributed by atoms with Crippen LogP contribution in [-0.4, -0.2) is 17.3 Å². The molecule has 3 rings (SSSR count). The topological polar surface area (TPSA) is 27.1 Å². The van der Waals surface area contributed by atoms with Gasteiger partial charge in [0.25, 0.3) is 0 Å². The second-order valence-corrected chi connectivity index (χ2v) is 5.39. The van der Waals surface area contributed by atoms with Crippen molar-refractivity contribution in [3.8, 4) is 0 Å². The van der Waals surface area contributed by atoms with Gasteiger partial charge < -0.3 is 4.90 Å². The Morgan fingerprint density at radius 2 is 1.88 bits per heavy atom. The maximum absolute atomic E-state index is 8.23. The normalized spacial score (nSPS) is 20.7. The predicted molar refractivity (Wildman–Crippen MR) is 70.3 cm³/mol. The molecule has 0 saturated heterocycles. The molecule has 0 aromatic heterocycles. The van der Waals surface area contributed by atoms with Gasteiger partial charge in [-0.3, -0.25) is 5.41 Å². The first-order chi connectivity index (χ1) is 8.34. The van der Waals surface area contributed by atoms with Crippen LogP contribution in [0.15, 0.2) is 24.3 Å². The van der Waals surface area contributed by atoms with Gasteiger partial charge in [0.05, 0.1) is 0 Å². The summed E-state index contributed by atoms with van der Waals surface area (Å²) in [5.41, 5.74) is 2.47. The third-order valence-electron chi connectivity index (χ3n) is 4.15. The summed E-state index contributed by atoms with van der Waals surface area (Å²) in [6.45, 7) is 2.04. The van der Waals surface area contributed by atoms with Crippen LogP contribution in [0.2, 0.25) is 0 Å². The van der Waals surface area contributed by atoms with Crippen molar-refractivity contribution in [1.29, 1.82) is 5.41 Å². The summed E-state index contributed by atoms with van der Waals surface area (Å²) in [5.74, 6) is 1.56. The second kappa shape index (κ2) is 4.52. The lowest BCUT2D eigenvalue weighted by Gasteiger charge is -2.27. The average molecular weight is 228 g/mol. The molecule has 1 saturated carbocycles. The van der Waals surface area contributed by atoms with Crippen LogP contribution in [0.4, 0.5) is 0 Å². The highest BCUT2D eigenvalue weighted by Crippen LogP contribution is 2.28. The minimum atomic E-state index is 0.742. The largest absolute Gasteiger partial charge is 0.352 e. The van der Waals surface area contributed by atoms with E-state index in [0.717, 1.165) is 30.4 Å². The average Bonchev–Trinajstić information content (AvgIpc) is 2.68. The number of hydrogen-bond acceptors (Lipinski definition) is 1. The zero-order chi connectivity index (χ0) is 11.7. The van der Waals surface area contributed by atoms with Gasteiger partial charge in [-0.15, -0.1) is 0 Å². The highest BCUT2D eigenvalue weighted by atomic mass is 15.2. The quantitative estimate of drug-likeness (QED) is 0.825. The van der Waals surface area contributed by atoms with Crippen LogP contribution < -0.4 is 0 Å².